The number of aromatic nitrogens is 2. The highest BCUT2D eigenvalue weighted by molar-refractivity contribution is 7.15. The molecular weight excluding hydrogens is 314 g/mol. The number of anilines is 1. The standard InChI is InChI=1S/C16H17N3O3S/c1-21-12-7-10(8-13(9-12)22-2)3-6-14(20)17-16-19-18-15(23-16)11-4-5-11/h3,6-9,11H,4-5H2,1-2H3,(H,17,19,20)/b6-3+. The molecule has 1 saturated carbocycles. The molecular formula is C16H17N3O3S. The van der Waals surface area contributed by atoms with Crippen molar-refractivity contribution in [2.24, 2.45) is 0 Å². The molecule has 7 heteroatoms. The summed E-state index contributed by atoms with van der Waals surface area (Å²) < 4.78 is 10.4. The number of methoxy groups -OCH3 is 2. The Hall–Kier alpha value is -2.41. The second-order valence-electron chi connectivity index (χ2n) is 5.19. The summed E-state index contributed by atoms with van der Waals surface area (Å²) in [6.07, 6.45) is 5.48. The van der Waals surface area contributed by atoms with Gasteiger partial charge in [0.25, 0.3) is 0 Å². The highest BCUT2D eigenvalue weighted by Crippen LogP contribution is 2.42. The van der Waals surface area contributed by atoms with Gasteiger partial charge in [-0.3, -0.25) is 10.1 Å². The van der Waals surface area contributed by atoms with Gasteiger partial charge < -0.3 is 9.47 Å². The fraction of sp³-hybridized carbons (Fsp3) is 0.312. The van der Waals surface area contributed by atoms with E-state index < -0.39 is 0 Å². The molecule has 1 amide bonds. The quantitative estimate of drug-likeness (QED) is 0.824. The van der Waals surface area contributed by atoms with E-state index in [-0.39, 0.29) is 5.91 Å². The Labute approximate surface area is 138 Å². The Morgan fingerprint density at radius 3 is 2.52 bits per heavy atom. The maximum absolute atomic E-state index is 12.0. The van der Waals surface area contributed by atoms with Crippen LogP contribution in [-0.4, -0.2) is 30.3 Å². The van der Waals surface area contributed by atoms with E-state index in [2.05, 4.69) is 15.5 Å². The zero-order valence-corrected chi connectivity index (χ0v) is 13.7. The van der Waals surface area contributed by atoms with Gasteiger partial charge in [-0.1, -0.05) is 11.3 Å². The summed E-state index contributed by atoms with van der Waals surface area (Å²) in [7, 11) is 3.17. The summed E-state index contributed by atoms with van der Waals surface area (Å²) in [4.78, 5) is 12.0. The van der Waals surface area contributed by atoms with Gasteiger partial charge >= 0.3 is 0 Å². The Bertz CT molecular complexity index is 716. The third-order valence-electron chi connectivity index (χ3n) is 3.40. The Morgan fingerprint density at radius 2 is 1.91 bits per heavy atom. The van der Waals surface area contributed by atoms with E-state index in [1.165, 1.54) is 30.3 Å². The normalized spacial score (nSPS) is 14.0. The Morgan fingerprint density at radius 1 is 1.22 bits per heavy atom. The number of rotatable bonds is 6. The first-order valence-electron chi connectivity index (χ1n) is 7.23. The molecule has 120 valence electrons. The molecule has 0 unspecified atom stereocenters. The van der Waals surface area contributed by atoms with Crippen molar-refractivity contribution in [2.45, 2.75) is 18.8 Å². The van der Waals surface area contributed by atoms with Crippen LogP contribution in [0.3, 0.4) is 0 Å². The van der Waals surface area contributed by atoms with E-state index in [0.717, 1.165) is 10.6 Å². The Balaban J connectivity index is 1.65. The molecule has 1 aliphatic carbocycles. The number of hydrogen-bond donors (Lipinski definition) is 1. The van der Waals surface area contributed by atoms with Gasteiger partial charge in [0.1, 0.15) is 16.5 Å². The van der Waals surface area contributed by atoms with E-state index in [1.807, 2.05) is 12.1 Å². The molecule has 0 radical (unpaired) electrons. The van der Waals surface area contributed by atoms with Crippen LogP contribution in [0, 0.1) is 0 Å². The lowest BCUT2D eigenvalue weighted by atomic mass is 10.2. The minimum Gasteiger partial charge on any atom is -0.497 e. The van der Waals surface area contributed by atoms with E-state index in [0.29, 0.717) is 22.5 Å². The van der Waals surface area contributed by atoms with Gasteiger partial charge in [-0.05, 0) is 36.6 Å². The van der Waals surface area contributed by atoms with E-state index in [9.17, 15) is 4.79 Å². The molecule has 1 N–H and O–H groups in total. The van der Waals surface area contributed by atoms with Crippen LogP contribution >= 0.6 is 11.3 Å². The maximum atomic E-state index is 12.0. The summed E-state index contributed by atoms with van der Waals surface area (Å²) in [5, 5.41) is 12.3. The SMILES string of the molecule is COc1cc(/C=C/C(=O)Nc2nnc(C3CC3)s2)cc(OC)c1. The molecule has 1 aliphatic rings. The number of carbonyl (C=O) groups excluding carboxylic acids is 1. The van der Waals surface area contributed by atoms with E-state index >= 15 is 0 Å². The molecule has 0 aliphatic heterocycles. The van der Waals surface area contributed by atoms with Gasteiger partial charge in [0.2, 0.25) is 11.0 Å². The smallest absolute Gasteiger partial charge is 0.250 e. The maximum Gasteiger partial charge on any atom is 0.250 e. The van der Waals surface area contributed by atoms with Gasteiger partial charge in [-0.25, -0.2) is 0 Å². The molecule has 0 bridgehead atoms. The fourth-order valence-corrected chi connectivity index (χ4v) is 2.94. The van der Waals surface area contributed by atoms with Gasteiger partial charge in [0.15, 0.2) is 0 Å². The first-order valence-corrected chi connectivity index (χ1v) is 8.05. The molecule has 0 atom stereocenters. The number of nitrogens with zero attached hydrogens (tertiary/aromatic N) is 2. The number of benzene rings is 1. The number of nitrogens with one attached hydrogen (secondary N) is 1. The summed E-state index contributed by atoms with van der Waals surface area (Å²) in [6.45, 7) is 0. The van der Waals surface area contributed by atoms with Crippen LogP contribution in [0.4, 0.5) is 5.13 Å². The molecule has 0 saturated heterocycles. The van der Waals surface area contributed by atoms with Gasteiger partial charge in [-0.15, -0.1) is 10.2 Å². The van der Waals surface area contributed by atoms with Gasteiger partial charge in [0.05, 0.1) is 14.2 Å². The van der Waals surface area contributed by atoms with Crippen molar-refractivity contribution >= 4 is 28.5 Å². The lowest BCUT2D eigenvalue weighted by molar-refractivity contribution is -0.111. The molecule has 3 rings (SSSR count). The number of ether oxygens (including phenoxy) is 2. The van der Waals surface area contributed by atoms with Crippen molar-refractivity contribution in [3.05, 3.63) is 34.8 Å². The minimum atomic E-state index is -0.245. The van der Waals surface area contributed by atoms with Crippen molar-refractivity contribution in [1.82, 2.24) is 10.2 Å². The molecule has 0 spiro atoms. The number of carbonyl (C=O) groups is 1. The van der Waals surface area contributed by atoms with Crippen LogP contribution in [0.5, 0.6) is 11.5 Å². The largest absolute Gasteiger partial charge is 0.497 e. The summed E-state index contributed by atoms with van der Waals surface area (Å²) in [6, 6.07) is 5.42. The number of hydrogen-bond acceptors (Lipinski definition) is 6. The lowest BCUT2D eigenvalue weighted by Crippen LogP contribution is -2.07. The summed E-state index contributed by atoms with van der Waals surface area (Å²) >= 11 is 1.44. The highest BCUT2D eigenvalue weighted by Gasteiger charge is 2.27. The molecule has 23 heavy (non-hydrogen) atoms. The van der Waals surface area contributed by atoms with Crippen molar-refractivity contribution in [3.63, 3.8) is 0 Å². The molecule has 6 nitrogen and oxygen atoms in total. The molecule has 1 aromatic heterocycles. The summed E-state index contributed by atoms with van der Waals surface area (Å²) in [5.74, 6) is 1.63. The van der Waals surface area contributed by atoms with Crippen molar-refractivity contribution in [3.8, 4) is 11.5 Å². The van der Waals surface area contributed by atoms with Crippen molar-refractivity contribution in [2.75, 3.05) is 19.5 Å². The average molecular weight is 331 g/mol. The molecule has 2 aromatic rings. The van der Waals surface area contributed by atoms with Crippen LogP contribution in [0.1, 0.15) is 29.3 Å². The van der Waals surface area contributed by atoms with Crippen LogP contribution < -0.4 is 14.8 Å². The van der Waals surface area contributed by atoms with Gasteiger partial charge in [0, 0.05) is 18.1 Å². The van der Waals surface area contributed by atoms with Crippen LogP contribution in [0.2, 0.25) is 0 Å². The zero-order chi connectivity index (χ0) is 16.2. The van der Waals surface area contributed by atoms with Crippen LogP contribution in [0.15, 0.2) is 24.3 Å². The third-order valence-corrected chi connectivity index (χ3v) is 4.40. The monoisotopic (exact) mass is 331 g/mol. The predicted octanol–water partition coefficient (Wildman–Crippen LogP) is 3.08. The average Bonchev–Trinajstić information content (AvgIpc) is 3.32. The van der Waals surface area contributed by atoms with E-state index in [1.54, 1.807) is 26.4 Å². The predicted molar refractivity (Wildman–Crippen MR) is 89.1 cm³/mol. The second kappa shape index (κ2) is 6.78. The highest BCUT2D eigenvalue weighted by atomic mass is 32.1. The number of amides is 1. The molecule has 1 aromatic carbocycles. The first-order chi connectivity index (χ1) is 11.2. The lowest BCUT2D eigenvalue weighted by Gasteiger charge is -2.05. The second-order valence-corrected chi connectivity index (χ2v) is 6.20. The molecule has 1 heterocycles. The van der Waals surface area contributed by atoms with E-state index in [4.69, 9.17) is 9.47 Å². The van der Waals surface area contributed by atoms with Crippen LogP contribution in [-0.2, 0) is 4.79 Å². The van der Waals surface area contributed by atoms with Crippen molar-refractivity contribution in [1.29, 1.82) is 0 Å². The topological polar surface area (TPSA) is 73.3 Å². The van der Waals surface area contributed by atoms with Crippen molar-refractivity contribution < 1.29 is 14.3 Å². The molecule has 1 fully saturated rings. The minimum absolute atomic E-state index is 0.245. The van der Waals surface area contributed by atoms with Gasteiger partial charge in [-0.2, -0.15) is 0 Å². The summed E-state index contributed by atoms with van der Waals surface area (Å²) in [5.41, 5.74) is 0.812. The fourth-order valence-electron chi connectivity index (χ4n) is 2.02. The van der Waals surface area contributed by atoms with Crippen LogP contribution in [0.25, 0.3) is 6.08 Å². The third kappa shape index (κ3) is 4.07. The zero-order valence-electron chi connectivity index (χ0n) is 12.9. The first kappa shape index (κ1) is 15.5. The Kier molecular flexibility index (Phi) is 4.57.